The molecule has 25 heavy (non-hydrogen) atoms. The van der Waals surface area contributed by atoms with Crippen molar-refractivity contribution in [2.45, 2.75) is 12.1 Å². The number of aromatic nitrogens is 2. The summed E-state index contributed by atoms with van der Waals surface area (Å²) in [5.74, 6) is 2.33. The van der Waals surface area contributed by atoms with Gasteiger partial charge in [-0.1, -0.05) is 23.9 Å². The number of thioether (sulfide) groups is 1. The van der Waals surface area contributed by atoms with E-state index in [-0.39, 0.29) is 5.56 Å². The second-order valence-electron chi connectivity index (χ2n) is 5.38. The van der Waals surface area contributed by atoms with Crippen LogP contribution in [0, 0.1) is 0 Å². The van der Waals surface area contributed by atoms with Crippen LogP contribution in [0.15, 0.2) is 58.5 Å². The molecule has 0 bridgehead atoms. The summed E-state index contributed by atoms with van der Waals surface area (Å²) in [5.41, 5.74) is 0.695. The van der Waals surface area contributed by atoms with Gasteiger partial charge in [-0.25, -0.2) is 4.98 Å². The lowest BCUT2D eigenvalue weighted by atomic mass is 10.2. The highest BCUT2D eigenvalue weighted by Gasteiger charge is 2.08. The standard InChI is InChI=1S/C19H20N2O3S/c1-3-23-14-8-10-15(11-9-14)24-12-13-25-19-20-17-7-5-4-6-16(17)18(22)21(19)2/h4-11H,3,12-13H2,1-2H3. The maximum absolute atomic E-state index is 12.4. The molecule has 130 valence electrons. The van der Waals surface area contributed by atoms with Crippen LogP contribution >= 0.6 is 11.8 Å². The van der Waals surface area contributed by atoms with E-state index >= 15 is 0 Å². The maximum Gasteiger partial charge on any atom is 0.261 e. The number of hydrogen-bond donors (Lipinski definition) is 0. The van der Waals surface area contributed by atoms with Crippen molar-refractivity contribution in [1.82, 2.24) is 9.55 Å². The van der Waals surface area contributed by atoms with Crippen molar-refractivity contribution >= 4 is 22.7 Å². The first-order valence-corrected chi connectivity index (χ1v) is 9.12. The highest BCUT2D eigenvalue weighted by atomic mass is 32.2. The van der Waals surface area contributed by atoms with E-state index in [9.17, 15) is 4.79 Å². The molecular weight excluding hydrogens is 336 g/mol. The summed E-state index contributed by atoms with van der Waals surface area (Å²) < 4.78 is 12.7. The number of nitrogens with zero attached hydrogens (tertiary/aromatic N) is 2. The minimum absolute atomic E-state index is 0.0273. The van der Waals surface area contributed by atoms with E-state index in [0.29, 0.717) is 29.5 Å². The molecule has 0 saturated carbocycles. The van der Waals surface area contributed by atoms with Crippen LogP contribution in [-0.2, 0) is 7.05 Å². The van der Waals surface area contributed by atoms with Gasteiger partial charge in [0.25, 0.3) is 5.56 Å². The summed E-state index contributed by atoms with van der Waals surface area (Å²) >= 11 is 1.51. The van der Waals surface area contributed by atoms with E-state index in [1.54, 1.807) is 17.7 Å². The lowest BCUT2D eigenvalue weighted by molar-refractivity contribution is 0.332. The van der Waals surface area contributed by atoms with Gasteiger partial charge >= 0.3 is 0 Å². The van der Waals surface area contributed by atoms with E-state index in [4.69, 9.17) is 9.47 Å². The zero-order valence-electron chi connectivity index (χ0n) is 14.3. The molecule has 0 aliphatic rings. The van der Waals surface area contributed by atoms with Crippen molar-refractivity contribution in [1.29, 1.82) is 0 Å². The monoisotopic (exact) mass is 356 g/mol. The summed E-state index contributed by atoms with van der Waals surface area (Å²) in [6, 6.07) is 15.0. The minimum atomic E-state index is -0.0273. The number of rotatable bonds is 7. The summed E-state index contributed by atoms with van der Waals surface area (Å²) in [6.07, 6.45) is 0. The molecule has 0 fully saturated rings. The fourth-order valence-electron chi connectivity index (χ4n) is 2.42. The van der Waals surface area contributed by atoms with Crippen LogP contribution in [0.4, 0.5) is 0 Å². The predicted molar refractivity (Wildman–Crippen MR) is 101 cm³/mol. The van der Waals surface area contributed by atoms with Gasteiger partial charge in [-0.2, -0.15) is 0 Å². The largest absolute Gasteiger partial charge is 0.494 e. The van der Waals surface area contributed by atoms with Crippen LogP contribution in [0.5, 0.6) is 11.5 Å². The molecule has 3 rings (SSSR count). The first-order chi connectivity index (χ1) is 12.2. The molecule has 0 aliphatic carbocycles. The lowest BCUT2D eigenvalue weighted by Gasteiger charge is -2.10. The summed E-state index contributed by atoms with van der Waals surface area (Å²) in [4.78, 5) is 16.9. The minimum Gasteiger partial charge on any atom is -0.494 e. The number of benzene rings is 2. The summed E-state index contributed by atoms with van der Waals surface area (Å²) in [5, 5.41) is 1.33. The quantitative estimate of drug-likeness (QED) is 0.368. The van der Waals surface area contributed by atoms with Crippen molar-refractivity contribution in [2.24, 2.45) is 7.05 Å². The van der Waals surface area contributed by atoms with Gasteiger partial charge in [0.05, 0.1) is 24.1 Å². The molecule has 0 unspecified atom stereocenters. The molecule has 3 aromatic rings. The molecule has 1 heterocycles. The van der Waals surface area contributed by atoms with Crippen molar-refractivity contribution in [3.8, 4) is 11.5 Å². The molecular formula is C19H20N2O3S. The van der Waals surface area contributed by atoms with Crippen molar-refractivity contribution in [3.63, 3.8) is 0 Å². The lowest BCUT2D eigenvalue weighted by Crippen LogP contribution is -2.20. The van der Waals surface area contributed by atoms with Crippen molar-refractivity contribution in [3.05, 3.63) is 58.9 Å². The van der Waals surface area contributed by atoms with Crippen LogP contribution in [-0.4, -0.2) is 28.5 Å². The topological polar surface area (TPSA) is 53.4 Å². The highest BCUT2D eigenvalue weighted by Crippen LogP contribution is 2.19. The zero-order valence-corrected chi connectivity index (χ0v) is 15.1. The van der Waals surface area contributed by atoms with E-state index in [0.717, 1.165) is 17.0 Å². The normalized spacial score (nSPS) is 10.8. The molecule has 0 spiro atoms. The average Bonchev–Trinajstić information content (AvgIpc) is 2.64. The zero-order chi connectivity index (χ0) is 17.6. The Balaban J connectivity index is 1.59. The predicted octanol–water partition coefficient (Wildman–Crippen LogP) is 3.50. The van der Waals surface area contributed by atoms with Crippen molar-refractivity contribution < 1.29 is 9.47 Å². The second-order valence-corrected chi connectivity index (χ2v) is 6.44. The Bertz CT molecular complexity index is 907. The van der Waals surface area contributed by atoms with E-state index in [1.807, 2.05) is 49.4 Å². The Morgan fingerprint density at radius 3 is 2.44 bits per heavy atom. The van der Waals surface area contributed by atoms with Gasteiger partial charge in [0.15, 0.2) is 5.16 Å². The van der Waals surface area contributed by atoms with Gasteiger partial charge in [-0.05, 0) is 43.3 Å². The fourth-order valence-corrected chi connectivity index (χ4v) is 3.21. The van der Waals surface area contributed by atoms with Crippen LogP contribution in [0.1, 0.15) is 6.92 Å². The van der Waals surface area contributed by atoms with Crippen LogP contribution in [0.3, 0.4) is 0 Å². The Morgan fingerprint density at radius 2 is 1.72 bits per heavy atom. The molecule has 0 atom stereocenters. The number of para-hydroxylation sites is 1. The molecule has 0 N–H and O–H groups in total. The molecule has 0 radical (unpaired) electrons. The van der Waals surface area contributed by atoms with E-state index in [2.05, 4.69) is 4.98 Å². The van der Waals surface area contributed by atoms with Gasteiger partial charge in [0.2, 0.25) is 0 Å². The van der Waals surface area contributed by atoms with Crippen LogP contribution < -0.4 is 15.0 Å². The molecule has 0 amide bonds. The molecule has 0 aliphatic heterocycles. The first-order valence-electron chi connectivity index (χ1n) is 8.13. The SMILES string of the molecule is CCOc1ccc(OCCSc2nc3ccccc3c(=O)n2C)cc1. The number of hydrogen-bond acceptors (Lipinski definition) is 5. The molecule has 2 aromatic carbocycles. The molecule has 0 saturated heterocycles. The van der Waals surface area contributed by atoms with Crippen molar-refractivity contribution in [2.75, 3.05) is 19.0 Å². The fraction of sp³-hybridized carbons (Fsp3) is 0.263. The Hall–Kier alpha value is -2.47. The Kier molecular flexibility index (Phi) is 5.60. The smallest absolute Gasteiger partial charge is 0.261 e. The number of ether oxygens (including phenoxy) is 2. The van der Waals surface area contributed by atoms with E-state index < -0.39 is 0 Å². The molecule has 6 heteroatoms. The maximum atomic E-state index is 12.4. The van der Waals surface area contributed by atoms with Gasteiger partial charge < -0.3 is 9.47 Å². The Morgan fingerprint density at radius 1 is 1.04 bits per heavy atom. The summed E-state index contributed by atoms with van der Waals surface area (Å²) in [6.45, 7) is 3.13. The summed E-state index contributed by atoms with van der Waals surface area (Å²) in [7, 11) is 1.75. The third-order valence-electron chi connectivity index (χ3n) is 3.66. The Labute approximate surface area is 150 Å². The van der Waals surface area contributed by atoms with E-state index in [1.165, 1.54) is 11.8 Å². The van der Waals surface area contributed by atoms with Crippen LogP contribution in [0.25, 0.3) is 10.9 Å². The third-order valence-corrected chi connectivity index (χ3v) is 4.65. The average molecular weight is 356 g/mol. The first kappa shape index (κ1) is 17.4. The van der Waals surface area contributed by atoms with Gasteiger partial charge in [0.1, 0.15) is 11.5 Å². The molecule has 1 aromatic heterocycles. The van der Waals surface area contributed by atoms with Gasteiger partial charge in [-0.3, -0.25) is 9.36 Å². The number of fused-ring (bicyclic) bond motifs is 1. The van der Waals surface area contributed by atoms with Gasteiger partial charge in [-0.15, -0.1) is 0 Å². The second kappa shape index (κ2) is 8.07. The highest BCUT2D eigenvalue weighted by molar-refractivity contribution is 7.99. The van der Waals surface area contributed by atoms with Gasteiger partial charge in [0, 0.05) is 12.8 Å². The third kappa shape index (κ3) is 4.14. The molecule has 5 nitrogen and oxygen atoms in total. The van der Waals surface area contributed by atoms with Crippen LogP contribution in [0.2, 0.25) is 0 Å².